The number of anilines is 3. The van der Waals surface area contributed by atoms with E-state index in [1.807, 2.05) is 53.4 Å². The predicted molar refractivity (Wildman–Crippen MR) is 166 cm³/mol. The highest BCUT2D eigenvalue weighted by atomic mass is 16.2. The molecule has 0 aromatic heterocycles. The molecule has 2 aromatic rings. The van der Waals surface area contributed by atoms with Crippen molar-refractivity contribution in [1.82, 2.24) is 5.32 Å². The molecule has 3 unspecified atom stereocenters. The van der Waals surface area contributed by atoms with Crippen LogP contribution in [-0.2, 0) is 14.4 Å². The zero-order valence-corrected chi connectivity index (χ0v) is 25.1. The molecule has 1 saturated carbocycles. The van der Waals surface area contributed by atoms with Crippen LogP contribution in [0.5, 0.6) is 0 Å². The quantitative estimate of drug-likeness (QED) is 0.324. The molecule has 41 heavy (non-hydrogen) atoms. The van der Waals surface area contributed by atoms with Gasteiger partial charge in [0.1, 0.15) is 6.04 Å². The van der Waals surface area contributed by atoms with Gasteiger partial charge in [-0.25, -0.2) is 0 Å². The number of hydrogen-bond donors (Lipinski definition) is 2. The Balaban J connectivity index is 1.71. The SMILES string of the molecule is CCCCC(C(N)=O)C(CC(C)C)C(=O)NC1CN(c2ccccc2)c2ccccc2N(CC2CCCCC2)C1=O. The number of nitrogens with zero attached hydrogens (tertiary/aromatic N) is 2. The van der Waals surface area contributed by atoms with Crippen LogP contribution in [0.4, 0.5) is 17.1 Å². The van der Waals surface area contributed by atoms with Crippen molar-refractivity contribution in [1.29, 1.82) is 0 Å². The lowest BCUT2D eigenvalue weighted by Crippen LogP contribution is -2.55. The van der Waals surface area contributed by atoms with Crippen LogP contribution in [0.3, 0.4) is 0 Å². The molecular formula is C34H48N4O3. The number of carbonyl (C=O) groups is 3. The number of para-hydroxylation sites is 3. The summed E-state index contributed by atoms with van der Waals surface area (Å²) in [6.45, 7) is 7.11. The first-order valence-corrected chi connectivity index (χ1v) is 15.6. The lowest BCUT2D eigenvalue weighted by atomic mass is 9.81. The van der Waals surface area contributed by atoms with E-state index in [9.17, 15) is 14.4 Å². The van der Waals surface area contributed by atoms with Gasteiger partial charge in [0, 0.05) is 24.1 Å². The van der Waals surface area contributed by atoms with Crippen molar-refractivity contribution in [2.24, 2.45) is 29.4 Å². The Hall–Kier alpha value is -3.35. The minimum Gasteiger partial charge on any atom is -0.369 e. The maximum absolute atomic E-state index is 14.4. The van der Waals surface area contributed by atoms with Gasteiger partial charge in [0.25, 0.3) is 5.91 Å². The molecule has 2 aromatic carbocycles. The van der Waals surface area contributed by atoms with Gasteiger partial charge in [-0.2, -0.15) is 0 Å². The van der Waals surface area contributed by atoms with Crippen LogP contribution in [0.2, 0.25) is 0 Å². The lowest BCUT2D eigenvalue weighted by molar-refractivity contribution is -0.136. The molecule has 7 heteroatoms. The first-order chi connectivity index (χ1) is 19.8. The summed E-state index contributed by atoms with van der Waals surface area (Å²) in [5.74, 6) is -1.29. The van der Waals surface area contributed by atoms with Crippen molar-refractivity contribution in [3.8, 4) is 0 Å². The molecule has 3 N–H and O–H groups in total. The number of fused-ring (bicyclic) bond motifs is 1. The summed E-state index contributed by atoms with van der Waals surface area (Å²) in [7, 11) is 0. The zero-order chi connectivity index (χ0) is 29.4. The second-order valence-electron chi connectivity index (χ2n) is 12.3. The molecule has 1 fully saturated rings. The van der Waals surface area contributed by atoms with Gasteiger partial charge in [-0.05, 0) is 61.8 Å². The second-order valence-corrected chi connectivity index (χ2v) is 12.3. The summed E-state index contributed by atoms with van der Waals surface area (Å²) >= 11 is 0. The number of primary amides is 1. The molecule has 0 spiro atoms. The summed E-state index contributed by atoms with van der Waals surface area (Å²) in [5, 5.41) is 3.15. The van der Waals surface area contributed by atoms with E-state index in [0.717, 1.165) is 42.7 Å². The highest BCUT2D eigenvalue weighted by Crippen LogP contribution is 2.39. The fourth-order valence-electron chi connectivity index (χ4n) is 6.57. The minimum absolute atomic E-state index is 0.0951. The Morgan fingerprint density at radius 3 is 2.24 bits per heavy atom. The molecule has 1 aliphatic carbocycles. The van der Waals surface area contributed by atoms with Gasteiger partial charge in [0.2, 0.25) is 11.8 Å². The maximum Gasteiger partial charge on any atom is 0.251 e. The number of unbranched alkanes of at least 4 members (excludes halogenated alkanes) is 1. The molecule has 7 nitrogen and oxygen atoms in total. The first-order valence-electron chi connectivity index (χ1n) is 15.6. The van der Waals surface area contributed by atoms with Crippen LogP contribution >= 0.6 is 0 Å². The fourth-order valence-corrected chi connectivity index (χ4v) is 6.57. The molecule has 1 heterocycles. The number of benzene rings is 2. The smallest absolute Gasteiger partial charge is 0.251 e. The number of nitrogens with two attached hydrogens (primary N) is 1. The standard InChI is InChI=1S/C34H48N4O3/c1-4-5-18-27(32(35)39)28(21-24(2)3)33(40)36-29-23-37(26-16-10-7-11-17-26)30-19-12-13-20-31(30)38(34(29)41)22-25-14-8-6-9-15-25/h7,10-13,16-17,19-20,24-25,27-29H,4-6,8-9,14-15,18,21-23H2,1-3H3,(H2,35,39)(H,36,40). The highest BCUT2D eigenvalue weighted by Gasteiger charge is 2.39. The normalized spacial score (nSPS) is 19.4. The van der Waals surface area contributed by atoms with Gasteiger partial charge in [-0.3, -0.25) is 14.4 Å². The van der Waals surface area contributed by atoms with Crippen LogP contribution in [0, 0.1) is 23.7 Å². The summed E-state index contributed by atoms with van der Waals surface area (Å²) < 4.78 is 0. The van der Waals surface area contributed by atoms with E-state index in [1.54, 1.807) is 0 Å². The van der Waals surface area contributed by atoms with Gasteiger partial charge in [-0.15, -0.1) is 0 Å². The van der Waals surface area contributed by atoms with E-state index < -0.39 is 23.8 Å². The molecule has 1 aliphatic heterocycles. The van der Waals surface area contributed by atoms with Crippen molar-refractivity contribution in [2.75, 3.05) is 22.9 Å². The number of amides is 3. The van der Waals surface area contributed by atoms with Gasteiger partial charge in [0.05, 0.1) is 17.9 Å². The zero-order valence-electron chi connectivity index (χ0n) is 25.1. The molecule has 0 bridgehead atoms. The topological polar surface area (TPSA) is 95.7 Å². The average Bonchev–Trinajstić information content (AvgIpc) is 3.08. The molecule has 0 radical (unpaired) electrons. The Bertz CT molecular complexity index is 1160. The van der Waals surface area contributed by atoms with Crippen LogP contribution in [0.15, 0.2) is 54.6 Å². The summed E-state index contributed by atoms with van der Waals surface area (Å²) in [5.41, 5.74) is 8.65. The van der Waals surface area contributed by atoms with E-state index in [0.29, 0.717) is 31.8 Å². The van der Waals surface area contributed by atoms with Crippen LogP contribution in [0.25, 0.3) is 0 Å². The van der Waals surface area contributed by atoms with E-state index in [-0.39, 0.29) is 17.7 Å². The maximum atomic E-state index is 14.4. The molecule has 4 rings (SSSR count). The van der Waals surface area contributed by atoms with E-state index in [1.165, 1.54) is 19.3 Å². The Kier molecular flexibility index (Phi) is 10.8. The van der Waals surface area contributed by atoms with Crippen LogP contribution in [0.1, 0.15) is 78.6 Å². The van der Waals surface area contributed by atoms with Crippen molar-refractivity contribution in [3.05, 3.63) is 54.6 Å². The predicted octanol–water partition coefficient (Wildman–Crippen LogP) is 6.19. The highest BCUT2D eigenvalue weighted by molar-refractivity contribution is 6.04. The molecule has 222 valence electrons. The van der Waals surface area contributed by atoms with Gasteiger partial charge in [0.15, 0.2) is 0 Å². The third-order valence-electron chi connectivity index (χ3n) is 8.72. The summed E-state index contributed by atoms with van der Waals surface area (Å²) in [6.07, 6.45) is 8.70. The van der Waals surface area contributed by atoms with Crippen LogP contribution < -0.4 is 20.9 Å². The number of carbonyl (C=O) groups excluding carboxylic acids is 3. The minimum atomic E-state index is -0.770. The van der Waals surface area contributed by atoms with Crippen molar-refractivity contribution >= 4 is 34.8 Å². The second kappa shape index (κ2) is 14.5. The third kappa shape index (κ3) is 7.69. The Morgan fingerprint density at radius 2 is 1.61 bits per heavy atom. The average molecular weight is 561 g/mol. The lowest BCUT2D eigenvalue weighted by Gasteiger charge is -2.32. The fraction of sp³-hybridized carbons (Fsp3) is 0.559. The largest absolute Gasteiger partial charge is 0.369 e. The Labute approximate surface area is 245 Å². The molecular weight excluding hydrogens is 512 g/mol. The van der Waals surface area contributed by atoms with E-state index >= 15 is 0 Å². The molecule has 3 amide bonds. The number of hydrogen-bond acceptors (Lipinski definition) is 4. The van der Waals surface area contributed by atoms with E-state index in [2.05, 4.69) is 37.1 Å². The van der Waals surface area contributed by atoms with Gasteiger partial charge in [-0.1, -0.05) is 83.2 Å². The molecule has 2 aliphatic rings. The van der Waals surface area contributed by atoms with Gasteiger partial charge >= 0.3 is 0 Å². The van der Waals surface area contributed by atoms with Crippen molar-refractivity contribution in [2.45, 2.75) is 84.6 Å². The Morgan fingerprint density at radius 1 is 0.951 bits per heavy atom. The van der Waals surface area contributed by atoms with Crippen molar-refractivity contribution in [3.63, 3.8) is 0 Å². The van der Waals surface area contributed by atoms with E-state index in [4.69, 9.17) is 5.73 Å². The molecule has 3 atom stereocenters. The number of nitrogens with one attached hydrogen (secondary N) is 1. The van der Waals surface area contributed by atoms with Crippen LogP contribution in [-0.4, -0.2) is 36.9 Å². The first kappa shape index (κ1) is 30.6. The molecule has 0 saturated heterocycles. The monoisotopic (exact) mass is 560 g/mol. The van der Waals surface area contributed by atoms with Crippen molar-refractivity contribution < 1.29 is 14.4 Å². The van der Waals surface area contributed by atoms with Gasteiger partial charge < -0.3 is 20.9 Å². The summed E-state index contributed by atoms with van der Waals surface area (Å²) in [6, 6.07) is 17.3. The third-order valence-corrected chi connectivity index (χ3v) is 8.72. The summed E-state index contributed by atoms with van der Waals surface area (Å²) in [4.78, 5) is 45.0. The number of rotatable bonds is 12.